The van der Waals surface area contributed by atoms with Crippen LogP contribution in [0.25, 0.3) is 23.0 Å². The highest BCUT2D eigenvalue weighted by Gasteiger charge is 2.31. The number of hydrogen-bond acceptors (Lipinski definition) is 6. The number of aromatic nitrogens is 2. The van der Waals surface area contributed by atoms with Crippen molar-refractivity contribution in [3.8, 4) is 22.7 Å². The maximum absolute atomic E-state index is 12.9. The molecule has 0 spiro atoms. The topological polar surface area (TPSA) is 103 Å². The molecule has 1 aromatic heterocycles. The average Bonchev–Trinajstić information content (AvgIpc) is 3.52. The molecule has 3 aromatic rings. The number of aliphatic imine (C=N–C) groups is 1. The zero-order valence-electron chi connectivity index (χ0n) is 20.7. The molecule has 0 bridgehead atoms. The van der Waals surface area contributed by atoms with E-state index in [1.165, 1.54) is 11.8 Å². The van der Waals surface area contributed by atoms with Crippen molar-refractivity contribution in [1.29, 1.82) is 0 Å². The maximum Gasteiger partial charge on any atom is 0.286 e. The zero-order valence-corrected chi connectivity index (χ0v) is 21.5. The molecule has 190 valence electrons. The minimum absolute atomic E-state index is 0.113. The lowest BCUT2D eigenvalue weighted by Gasteiger charge is -2.31. The molecule has 2 aliphatic rings. The van der Waals surface area contributed by atoms with E-state index in [-0.39, 0.29) is 17.7 Å². The molecule has 1 saturated heterocycles. The van der Waals surface area contributed by atoms with Crippen LogP contribution in [-0.4, -0.2) is 51.4 Å². The van der Waals surface area contributed by atoms with E-state index in [2.05, 4.69) is 16.8 Å². The third kappa shape index (κ3) is 5.61. The number of nitrogens with two attached hydrogens (primary N) is 1. The van der Waals surface area contributed by atoms with Gasteiger partial charge in [-0.25, -0.2) is 4.68 Å². The lowest BCUT2D eigenvalue weighted by molar-refractivity contribution is -0.123. The Bertz CT molecular complexity index is 1360. The van der Waals surface area contributed by atoms with Gasteiger partial charge in [-0.2, -0.15) is 10.1 Å². The number of amides is 2. The standard InChI is InChI=1S/C28H29N5O3S/c1-2-15-36-23-10-6-7-20(16-23)25-21(18-33(31-25)22-8-4-3-5-9-22)17-24-27(35)30-28(37-24)32-13-11-19(12-14-32)26(29)34/h3-10,16-19H,2,11-15H2,1H3,(H2,29,34). The van der Waals surface area contributed by atoms with E-state index in [1.807, 2.05) is 71.6 Å². The van der Waals surface area contributed by atoms with Crippen molar-refractivity contribution in [1.82, 2.24) is 14.7 Å². The number of carbonyl (C=O) groups excluding carboxylic acids is 2. The van der Waals surface area contributed by atoms with E-state index in [0.29, 0.717) is 42.6 Å². The molecule has 5 rings (SSSR count). The number of thioether (sulfide) groups is 1. The Labute approximate surface area is 220 Å². The fraction of sp³-hybridized carbons (Fsp3) is 0.286. The van der Waals surface area contributed by atoms with E-state index >= 15 is 0 Å². The Morgan fingerprint density at radius 1 is 1.16 bits per heavy atom. The van der Waals surface area contributed by atoms with Gasteiger partial charge in [-0.05, 0) is 61.4 Å². The molecular weight excluding hydrogens is 486 g/mol. The molecule has 0 aliphatic carbocycles. The summed E-state index contributed by atoms with van der Waals surface area (Å²) in [4.78, 5) is 31.3. The van der Waals surface area contributed by atoms with Gasteiger partial charge in [-0.1, -0.05) is 37.3 Å². The SMILES string of the molecule is CCCOc1cccc(-c2nn(-c3ccccc3)cc2C=C2SC(N3CCC(C(N)=O)CC3)=NC2=O)c1. The first kappa shape index (κ1) is 24.8. The first-order chi connectivity index (χ1) is 18.0. The van der Waals surface area contributed by atoms with Crippen LogP contribution in [-0.2, 0) is 9.59 Å². The number of hydrogen-bond donors (Lipinski definition) is 1. The molecule has 0 atom stereocenters. The van der Waals surface area contributed by atoms with Gasteiger partial charge in [-0.15, -0.1) is 0 Å². The minimum atomic E-state index is -0.268. The molecular formula is C28H29N5O3S. The predicted octanol–water partition coefficient (Wildman–Crippen LogP) is 4.50. The van der Waals surface area contributed by atoms with Crippen molar-refractivity contribution >= 4 is 34.8 Å². The number of likely N-dealkylation sites (tertiary alicyclic amines) is 1. The molecule has 37 heavy (non-hydrogen) atoms. The molecule has 9 heteroatoms. The van der Waals surface area contributed by atoms with Crippen molar-refractivity contribution in [3.63, 3.8) is 0 Å². The minimum Gasteiger partial charge on any atom is -0.494 e. The quantitative estimate of drug-likeness (QED) is 0.465. The molecule has 3 heterocycles. The number of piperidine rings is 1. The number of rotatable bonds is 7. The summed E-state index contributed by atoms with van der Waals surface area (Å²) < 4.78 is 7.66. The normalized spacial score (nSPS) is 17.3. The number of carbonyl (C=O) groups is 2. The molecule has 2 amide bonds. The van der Waals surface area contributed by atoms with Crippen LogP contribution in [0.2, 0.25) is 0 Å². The van der Waals surface area contributed by atoms with E-state index < -0.39 is 0 Å². The van der Waals surface area contributed by atoms with Gasteiger partial charge < -0.3 is 15.4 Å². The van der Waals surface area contributed by atoms with Crippen LogP contribution in [0.4, 0.5) is 0 Å². The Hall–Kier alpha value is -3.85. The van der Waals surface area contributed by atoms with E-state index in [9.17, 15) is 9.59 Å². The summed E-state index contributed by atoms with van der Waals surface area (Å²) in [6.45, 7) is 4.02. The van der Waals surface area contributed by atoms with Crippen LogP contribution in [0.5, 0.6) is 5.75 Å². The molecule has 1 fully saturated rings. The molecule has 0 unspecified atom stereocenters. The maximum atomic E-state index is 12.9. The lowest BCUT2D eigenvalue weighted by atomic mass is 9.97. The summed E-state index contributed by atoms with van der Waals surface area (Å²) in [5.74, 6) is 0.140. The molecule has 2 aliphatic heterocycles. The van der Waals surface area contributed by atoms with Gasteiger partial charge >= 0.3 is 0 Å². The van der Waals surface area contributed by atoms with Crippen molar-refractivity contribution in [2.75, 3.05) is 19.7 Å². The fourth-order valence-corrected chi connectivity index (χ4v) is 5.37. The van der Waals surface area contributed by atoms with Crippen molar-refractivity contribution in [2.24, 2.45) is 16.6 Å². The van der Waals surface area contributed by atoms with Crippen LogP contribution in [0.3, 0.4) is 0 Å². The Morgan fingerprint density at radius 2 is 1.95 bits per heavy atom. The summed E-state index contributed by atoms with van der Waals surface area (Å²) >= 11 is 1.36. The monoisotopic (exact) mass is 515 g/mol. The molecule has 2 N–H and O–H groups in total. The number of para-hydroxylation sites is 1. The van der Waals surface area contributed by atoms with Crippen molar-refractivity contribution in [2.45, 2.75) is 26.2 Å². The van der Waals surface area contributed by atoms with Gasteiger partial charge in [0.2, 0.25) is 5.91 Å². The summed E-state index contributed by atoms with van der Waals surface area (Å²) in [5.41, 5.74) is 8.86. The Kier molecular flexibility index (Phi) is 7.41. The summed E-state index contributed by atoms with van der Waals surface area (Å²) in [6, 6.07) is 17.7. The van der Waals surface area contributed by atoms with Crippen molar-refractivity contribution < 1.29 is 14.3 Å². The van der Waals surface area contributed by atoms with Gasteiger partial charge in [0.15, 0.2) is 5.17 Å². The molecule has 2 aromatic carbocycles. The number of nitrogens with zero attached hydrogens (tertiary/aromatic N) is 4. The second-order valence-corrected chi connectivity index (χ2v) is 10.1. The highest BCUT2D eigenvalue weighted by molar-refractivity contribution is 8.18. The lowest BCUT2D eigenvalue weighted by Crippen LogP contribution is -2.40. The molecule has 0 saturated carbocycles. The van der Waals surface area contributed by atoms with Gasteiger partial charge in [0.25, 0.3) is 5.91 Å². The van der Waals surface area contributed by atoms with Crippen LogP contribution >= 0.6 is 11.8 Å². The third-order valence-corrected chi connectivity index (χ3v) is 7.45. The van der Waals surface area contributed by atoms with Crippen LogP contribution in [0.1, 0.15) is 31.7 Å². The second-order valence-electron chi connectivity index (χ2n) is 9.06. The van der Waals surface area contributed by atoms with Crippen LogP contribution in [0, 0.1) is 5.92 Å². The van der Waals surface area contributed by atoms with Gasteiger partial charge in [0.05, 0.1) is 17.2 Å². The summed E-state index contributed by atoms with van der Waals surface area (Å²) in [6.07, 6.45) is 6.06. The van der Waals surface area contributed by atoms with E-state index in [0.717, 1.165) is 34.7 Å². The van der Waals surface area contributed by atoms with E-state index in [4.69, 9.17) is 15.6 Å². The Morgan fingerprint density at radius 3 is 2.68 bits per heavy atom. The third-order valence-electron chi connectivity index (χ3n) is 6.41. The number of benzene rings is 2. The zero-order chi connectivity index (χ0) is 25.8. The molecule has 0 radical (unpaired) electrons. The number of primary amides is 1. The highest BCUT2D eigenvalue weighted by Crippen LogP contribution is 2.35. The van der Waals surface area contributed by atoms with Gasteiger partial charge in [-0.3, -0.25) is 9.59 Å². The second kappa shape index (κ2) is 11.0. The van der Waals surface area contributed by atoms with Crippen LogP contribution in [0.15, 0.2) is 70.7 Å². The van der Waals surface area contributed by atoms with E-state index in [1.54, 1.807) is 0 Å². The first-order valence-corrected chi connectivity index (χ1v) is 13.3. The fourth-order valence-electron chi connectivity index (χ4n) is 4.41. The number of amidine groups is 1. The Balaban J connectivity index is 1.44. The summed E-state index contributed by atoms with van der Waals surface area (Å²) in [7, 11) is 0. The molecule has 8 nitrogen and oxygen atoms in total. The number of ether oxygens (including phenoxy) is 1. The average molecular weight is 516 g/mol. The highest BCUT2D eigenvalue weighted by atomic mass is 32.2. The summed E-state index contributed by atoms with van der Waals surface area (Å²) in [5, 5.41) is 5.55. The smallest absolute Gasteiger partial charge is 0.286 e. The predicted molar refractivity (Wildman–Crippen MR) is 146 cm³/mol. The first-order valence-electron chi connectivity index (χ1n) is 12.5. The van der Waals surface area contributed by atoms with Crippen molar-refractivity contribution in [3.05, 3.63) is 71.3 Å². The largest absolute Gasteiger partial charge is 0.494 e. The van der Waals surface area contributed by atoms with Gasteiger partial charge in [0.1, 0.15) is 11.4 Å². The van der Waals surface area contributed by atoms with Crippen LogP contribution < -0.4 is 10.5 Å². The van der Waals surface area contributed by atoms with Gasteiger partial charge in [0, 0.05) is 36.3 Å².